The van der Waals surface area contributed by atoms with E-state index in [-0.39, 0.29) is 18.7 Å². The molecule has 178 valence electrons. The van der Waals surface area contributed by atoms with Crippen LogP contribution in [0.3, 0.4) is 0 Å². The zero-order chi connectivity index (χ0) is 25.0. The number of methoxy groups -OCH3 is 1. The van der Waals surface area contributed by atoms with Crippen molar-refractivity contribution < 1.29 is 34.1 Å². The maximum atomic E-state index is 13.3. The fourth-order valence-corrected chi connectivity index (χ4v) is 3.85. The van der Waals surface area contributed by atoms with Crippen molar-refractivity contribution in [3.05, 3.63) is 64.3 Å². The predicted octanol–water partition coefficient (Wildman–Crippen LogP) is 3.28. The third kappa shape index (κ3) is 5.37. The Morgan fingerprint density at radius 1 is 1.09 bits per heavy atom. The van der Waals surface area contributed by atoms with Gasteiger partial charge in [0.1, 0.15) is 11.8 Å². The maximum absolute atomic E-state index is 13.3. The van der Waals surface area contributed by atoms with Crippen LogP contribution in [-0.2, 0) is 20.8 Å². The summed E-state index contributed by atoms with van der Waals surface area (Å²) in [6.07, 6.45) is -0.865. The molecule has 9 nitrogen and oxygen atoms in total. The van der Waals surface area contributed by atoms with Crippen LogP contribution in [0.5, 0.6) is 5.75 Å². The number of fused-ring (bicyclic) bond motifs is 1. The van der Waals surface area contributed by atoms with Gasteiger partial charge in [-0.15, -0.1) is 0 Å². The van der Waals surface area contributed by atoms with E-state index in [1.165, 1.54) is 11.7 Å². The van der Waals surface area contributed by atoms with Gasteiger partial charge in [0, 0.05) is 28.1 Å². The average Bonchev–Trinajstić information content (AvgIpc) is 3.06. The SMILES string of the molecule is COc1ccc2c(c1)c(CC(=O)N[C@@H](CCC(=O)O)C(=O)O)c(C)n2C(=O)c1ccc(Cl)cc1. The van der Waals surface area contributed by atoms with E-state index in [1.807, 2.05) is 0 Å². The molecule has 1 amide bonds. The van der Waals surface area contributed by atoms with Gasteiger partial charge in [0.2, 0.25) is 5.91 Å². The normalized spacial score (nSPS) is 11.7. The first-order valence-corrected chi connectivity index (χ1v) is 10.7. The maximum Gasteiger partial charge on any atom is 0.326 e. The van der Waals surface area contributed by atoms with Crippen molar-refractivity contribution in [3.63, 3.8) is 0 Å². The van der Waals surface area contributed by atoms with Crippen molar-refractivity contribution in [2.24, 2.45) is 0 Å². The van der Waals surface area contributed by atoms with Crippen molar-refractivity contribution in [1.29, 1.82) is 0 Å². The molecule has 0 spiro atoms. The highest BCUT2D eigenvalue weighted by molar-refractivity contribution is 6.30. The van der Waals surface area contributed by atoms with Crippen molar-refractivity contribution in [2.45, 2.75) is 32.2 Å². The second kappa shape index (κ2) is 10.4. The van der Waals surface area contributed by atoms with Crippen LogP contribution in [0.1, 0.15) is 34.5 Å². The van der Waals surface area contributed by atoms with Gasteiger partial charge in [0.05, 0.1) is 19.0 Å². The Labute approximate surface area is 199 Å². The summed E-state index contributed by atoms with van der Waals surface area (Å²) < 4.78 is 6.78. The highest BCUT2D eigenvalue weighted by Crippen LogP contribution is 2.31. The van der Waals surface area contributed by atoms with Gasteiger partial charge in [-0.1, -0.05) is 11.6 Å². The van der Waals surface area contributed by atoms with E-state index < -0.39 is 30.3 Å². The van der Waals surface area contributed by atoms with E-state index >= 15 is 0 Å². The second-order valence-electron chi connectivity index (χ2n) is 7.66. The second-order valence-corrected chi connectivity index (χ2v) is 8.10. The molecule has 34 heavy (non-hydrogen) atoms. The average molecular weight is 487 g/mol. The zero-order valence-electron chi connectivity index (χ0n) is 18.5. The third-order valence-corrected chi connectivity index (χ3v) is 5.71. The Balaban J connectivity index is 1.99. The minimum absolute atomic E-state index is 0.215. The summed E-state index contributed by atoms with van der Waals surface area (Å²) in [4.78, 5) is 48.3. The van der Waals surface area contributed by atoms with Gasteiger partial charge < -0.3 is 20.3 Å². The zero-order valence-corrected chi connectivity index (χ0v) is 19.3. The van der Waals surface area contributed by atoms with E-state index in [0.29, 0.717) is 38.5 Å². The molecule has 1 atom stereocenters. The van der Waals surface area contributed by atoms with Crippen LogP contribution in [0.15, 0.2) is 42.5 Å². The number of carbonyl (C=O) groups excluding carboxylic acids is 2. The smallest absolute Gasteiger partial charge is 0.326 e. The predicted molar refractivity (Wildman–Crippen MR) is 125 cm³/mol. The summed E-state index contributed by atoms with van der Waals surface area (Å²) in [5.74, 6) is -2.89. The molecule has 0 aliphatic rings. The largest absolute Gasteiger partial charge is 0.497 e. The molecule has 0 bridgehead atoms. The molecule has 0 unspecified atom stereocenters. The Kier molecular flexibility index (Phi) is 7.57. The number of carboxylic acid groups (broad SMARTS) is 2. The quantitative estimate of drug-likeness (QED) is 0.422. The molecule has 3 N–H and O–H groups in total. The molecule has 3 aromatic rings. The fraction of sp³-hybridized carbons (Fsp3) is 0.250. The molecule has 0 aliphatic heterocycles. The van der Waals surface area contributed by atoms with Crippen LogP contribution in [-0.4, -0.2) is 51.7 Å². The Morgan fingerprint density at radius 3 is 2.35 bits per heavy atom. The lowest BCUT2D eigenvalue weighted by molar-refractivity contribution is -0.143. The number of hydrogen-bond acceptors (Lipinski definition) is 5. The Hall–Kier alpha value is -3.85. The van der Waals surface area contributed by atoms with E-state index in [4.69, 9.17) is 21.4 Å². The minimum atomic E-state index is -1.34. The molecule has 1 aromatic heterocycles. The third-order valence-electron chi connectivity index (χ3n) is 5.45. The van der Waals surface area contributed by atoms with E-state index in [9.17, 15) is 24.3 Å². The molecule has 0 saturated heterocycles. The standard InChI is InChI=1S/C24H23ClN2O7/c1-13-17(12-21(28)26-19(24(32)33)8-10-22(29)30)18-11-16(34-2)7-9-20(18)27(13)23(31)14-3-5-15(25)6-4-14/h3-7,9,11,19H,8,10,12H2,1-2H3,(H,26,28)(H,29,30)(H,32,33)/t19-/m0/s1. The first-order chi connectivity index (χ1) is 16.1. The number of amides is 1. The topological polar surface area (TPSA) is 135 Å². The van der Waals surface area contributed by atoms with Crippen molar-refractivity contribution in [2.75, 3.05) is 7.11 Å². The number of aromatic nitrogens is 1. The molecule has 0 fully saturated rings. The van der Waals surface area contributed by atoms with Crippen LogP contribution in [0, 0.1) is 6.92 Å². The number of ether oxygens (including phenoxy) is 1. The molecule has 3 rings (SSSR count). The number of nitrogens with one attached hydrogen (secondary N) is 1. The fourth-order valence-electron chi connectivity index (χ4n) is 3.73. The van der Waals surface area contributed by atoms with Crippen molar-refractivity contribution in [3.8, 4) is 5.75 Å². The summed E-state index contributed by atoms with van der Waals surface area (Å²) >= 11 is 5.94. The molecular weight excluding hydrogens is 464 g/mol. The summed E-state index contributed by atoms with van der Waals surface area (Å²) in [5.41, 5.74) is 1.99. The van der Waals surface area contributed by atoms with E-state index in [2.05, 4.69) is 5.32 Å². The number of carboxylic acids is 2. The van der Waals surface area contributed by atoms with Crippen LogP contribution in [0.25, 0.3) is 10.9 Å². The van der Waals surface area contributed by atoms with Gasteiger partial charge in [-0.05, 0) is 61.4 Å². The van der Waals surface area contributed by atoms with Crippen LogP contribution < -0.4 is 10.1 Å². The van der Waals surface area contributed by atoms with Crippen LogP contribution in [0.4, 0.5) is 0 Å². The number of rotatable bonds is 9. The number of nitrogens with zero attached hydrogens (tertiary/aromatic N) is 1. The van der Waals surface area contributed by atoms with Crippen molar-refractivity contribution in [1.82, 2.24) is 9.88 Å². The Bertz CT molecular complexity index is 1260. The first-order valence-electron chi connectivity index (χ1n) is 10.3. The van der Waals surface area contributed by atoms with E-state index in [1.54, 1.807) is 49.4 Å². The van der Waals surface area contributed by atoms with Crippen LogP contribution >= 0.6 is 11.6 Å². The molecule has 1 heterocycles. The lowest BCUT2D eigenvalue weighted by atomic mass is 10.1. The molecule has 0 saturated carbocycles. The van der Waals surface area contributed by atoms with Gasteiger partial charge in [0.15, 0.2) is 0 Å². The van der Waals surface area contributed by atoms with Gasteiger partial charge >= 0.3 is 11.9 Å². The summed E-state index contributed by atoms with van der Waals surface area (Å²) in [6.45, 7) is 1.70. The molecule has 2 aromatic carbocycles. The molecule has 0 aliphatic carbocycles. The van der Waals surface area contributed by atoms with Gasteiger partial charge in [-0.25, -0.2) is 4.79 Å². The van der Waals surface area contributed by atoms with E-state index in [0.717, 1.165) is 0 Å². The number of halogens is 1. The summed E-state index contributed by atoms with van der Waals surface area (Å²) in [6, 6.07) is 10.2. The monoisotopic (exact) mass is 486 g/mol. The first kappa shape index (κ1) is 24.8. The number of carbonyl (C=O) groups is 4. The van der Waals surface area contributed by atoms with Crippen molar-refractivity contribution >= 4 is 46.3 Å². The number of hydrogen-bond donors (Lipinski definition) is 3. The summed E-state index contributed by atoms with van der Waals surface area (Å²) in [7, 11) is 1.50. The molecule has 0 radical (unpaired) electrons. The highest BCUT2D eigenvalue weighted by atomic mass is 35.5. The molecule has 10 heteroatoms. The number of aliphatic carboxylic acids is 2. The van der Waals surface area contributed by atoms with Gasteiger partial charge in [-0.2, -0.15) is 0 Å². The summed E-state index contributed by atoms with van der Waals surface area (Å²) in [5, 5.41) is 21.6. The van der Waals surface area contributed by atoms with Gasteiger partial charge in [0.25, 0.3) is 5.91 Å². The highest BCUT2D eigenvalue weighted by Gasteiger charge is 2.25. The lowest BCUT2D eigenvalue weighted by Gasteiger charge is -2.14. The minimum Gasteiger partial charge on any atom is -0.497 e. The lowest BCUT2D eigenvalue weighted by Crippen LogP contribution is -2.41. The number of benzene rings is 2. The van der Waals surface area contributed by atoms with Crippen LogP contribution in [0.2, 0.25) is 5.02 Å². The van der Waals surface area contributed by atoms with Gasteiger partial charge in [-0.3, -0.25) is 19.0 Å². The Morgan fingerprint density at radius 2 is 1.76 bits per heavy atom. The molecular formula is C24H23ClN2O7.